The van der Waals surface area contributed by atoms with Gasteiger partial charge in [-0.1, -0.05) is 6.07 Å². The maximum Gasteiger partial charge on any atom is 0.164 e. The first-order valence-corrected chi connectivity index (χ1v) is 8.65. The molecule has 1 saturated carbocycles. The number of likely N-dealkylation sites (tertiary alicyclic amines) is 1. The van der Waals surface area contributed by atoms with E-state index in [4.69, 9.17) is 9.47 Å². The van der Waals surface area contributed by atoms with Gasteiger partial charge < -0.3 is 19.5 Å². The highest BCUT2D eigenvalue weighted by molar-refractivity contribution is 5.83. The van der Waals surface area contributed by atoms with E-state index >= 15 is 0 Å². The van der Waals surface area contributed by atoms with Crippen molar-refractivity contribution in [3.05, 3.63) is 23.3 Å². The first-order chi connectivity index (χ1) is 11.5. The number of nitrogens with zero attached hydrogens (tertiary/aromatic N) is 1. The molecule has 1 aromatic rings. The van der Waals surface area contributed by atoms with Gasteiger partial charge in [0.2, 0.25) is 0 Å². The summed E-state index contributed by atoms with van der Waals surface area (Å²) in [5, 5.41) is 11.8. The van der Waals surface area contributed by atoms with Gasteiger partial charge in [0.25, 0.3) is 0 Å². The Bertz CT molecular complexity index is 703. The van der Waals surface area contributed by atoms with Crippen LogP contribution in [0.15, 0.2) is 12.1 Å². The Labute approximate surface area is 142 Å². The number of ether oxygens (including phenoxy) is 2. The second kappa shape index (κ2) is 5.20. The molecule has 4 rings (SSSR count). The zero-order valence-electron chi connectivity index (χ0n) is 14.6. The lowest BCUT2D eigenvalue weighted by Gasteiger charge is -2.62. The van der Waals surface area contributed by atoms with E-state index < -0.39 is 11.0 Å². The predicted octanol–water partition coefficient (Wildman–Crippen LogP) is 1.69. The molecule has 0 spiro atoms. The number of methoxy groups -OCH3 is 2. The number of piperidine rings is 1. The molecule has 2 fully saturated rings. The number of aliphatic hydroxyl groups is 1. The highest BCUT2D eigenvalue weighted by atomic mass is 16.5. The van der Waals surface area contributed by atoms with Gasteiger partial charge in [0, 0.05) is 29.9 Å². The van der Waals surface area contributed by atoms with E-state index in [9.17, 15) is 9.90 Å². The Balaban J connectivity index is 2.02. The number of carbonyl (C=O) groups excluding carboxylic acids is 1. The molecule has 3 aliphatic rings. The third-order valence-electron chi connectivity index (χ3n) is 6.61. The van der Waals surface area contributed by atoms with Crippen LogP contribution < -0.4 is 9.47 Å². The van der Waals surface area contributed by atoms with Crippen molar-refractivity contribution in [1.82, 2.24) is 4.90 Å². The molecule has 1 N–H and O–H groups in total. The lowest BCUT2D eigenvalue weighted by molar-refractivity contribution is -0.169. The van der Waals surface area contributed by atoms with Crippen molar-refractivity contribution in [1.29, 1.82) is 0 Å². The fourth-order valence-corrected chi connectivity index (χ4v) is 5.45. The van der Waals surface area contributed by atoms with Crippen molar-refractivity contribution < 1.29 is 19.4 Å². The van der Waals surface area contributed by atoms with Crippen molar-refractivity contribution in [2.75, 3.05) is 27.8 Å². The normalized spacial score (nSPS) is 35.2. The minimum absolute atomic E-state index is 0.0463. The number of rotatable bonds is 2. The van der Waals surface area contributed by atoms with Crippen LogP contribution in [0.3, 0.4) is 0 Å². The SMILES string of the molecule is COc1ccc2c(c1OC)[C@@]13CCN(C)[C@@H](C2)[C@]1(O)CCC(=O)C3. The van der Waals surface area contributed by atoms with Gasteiger partial charge in [-0.15, -0.1) is 0 Å². The van der Waals surface area contributed by atoms with Gasteiger partial charge in [-0.2, -0.15) is 0 Å². The molecule has 130 valence electrons. The summed E-state index contributed by atoms with van der Waals surface area (Å²) in [7, 11) is 5.34. The maximum atomic E-state index is 12.4. The fourth-order valence-electron chi connectivity index (χ4n) is 5.45. The lowest BCUT2D eigenvalue weighted by Crippen LogP contribution is -2.72. The van der Waals surface area contributed by atoms with Crippen LogP contribution >= 0.6 is 0 Å². The van der Waals surface area contributed by atoms with Gasteiger partial charge in [-0.25, -0.2) is 0 Å². The summed E-state index contributed by atoms with van der Waals surface area (Å²) in [5.41, 5.74) is 0.723. The zero-order valence-corrected chi connectivity index (χ0v) is 14.6. The van der Waals surface area contributed by atoms with E-state index in [0.29, 0.717) is 30.8 Å². The molecule has 1 aliphatic heterocycles. The number of hydrogen-bond donors (Lipinski definition) is 1. The quantitative estimate of drug-likeness (QED) is 0.894. The van der Waals surface area contributed by atoms with Crippen molar-refractivity contribution in [2.24, 2.45) is 0 Å². The molecule has 2 bridgehead atoms. The number of carbonyl (C=O) groups is 1. The molecule has 0 aromatic heterocycles. The summed E-state index contributed by atoms with van der Waals surface area (Å²) in [6.07, 6.45) is 2.92. The second-order valence-electron chi connectivity index (χ2n) is 7.51. The third kappa shape index (κ3) is 1.80. The first-order valence-electron chi connectivity index (χ1n) is 8.65. The summed E-state index contributed by atoms with van der Waals surface area (Å²) in [6, 6.07) is 4.05. The largest absolute Gasteiger partial charge is 0.493 e. The van der Waals surface area contributed by atoms with Crippen molar-refractivity contribution in [3.63, 3.8) is 0 Å². The van der Waals surface area contributed by atoms with Gasteiger partial charge in [0.05, 0.1) is 19.8 Å². The average Bonchev–Trinajstić information content (AvgIpc) is 2.57. The van der Waals surface area contributed by atoms with Crippen LogP contribution in [0.2, 0.25) is 0 Å². The molecular formula is C19H25NO4. The number of Topliss-reactive ketones (excluding diaryl/α,β-unsaturated/α-hetero) is 1. The summed E-state index contributed by atoms with van der Waals surface area (Å²) in [5.74, 6) is 1.59. The topological polar surface area (TPSA) is 59.0 Å². The molecule has 5 nitrogen and oxygen atoms in total. The van der Waals surface area contributed by atoms with E-state index in [-0.39, 0.29) is 11.8 Å². The Kier molecular flexibility index (Phi) is 3.45. The standard InChI is InChI=1S/C19H25NO4/c1-20-9-8-18-11-13(21)6-7-19(18,22)15(20)10-12-4-5-14(23-2)17(24-3)16(12)18/h4-5,15,22H,6-11H2,1-3H3/t15-,18-,19+/m0/s1. The minimum atomic E-state index is -0.888. The van der Waals surface area contributed by atoms with Crippen LogP contribution in [-0.4, -0.2) is 55.2 Å². The van der Waals surface area contributed by atoms with E-state index in [1.54, 1.807) is 14.2 Å². The monoisotopic (exact) mass is 331 g/mol. The Morgan fingerprint density at radius 3 is 2.75 bits per heavy atom. The molecule has 1 aromatic carbocycles. The first kappa shape index (κ1) is 15.9. The van der Waals surface area contributed by atoms with E-state index in [1.807, 2.05) is 6.07 Å². The third-order valence-corrected chi connectivity index (χ3v) is 6.61. The molecule has 24 heavy (non-hydrogen) atoms. The van der Waals surface area contributed by atoms with Gasteiger partial charge in [0.15, 0.2) is 11.5 Å². The molecule has 5 heteroatoms. The van der Waals surface area contributed by atoms with Crippen molar-refractivity contribution in [3.8, 4) is 11.5 Å². The molecule has 1 saturated heterocycles. The summed E-state index contributed by atoms with van der Waals surface area (Å²) < 4.78 is 11.2. The second-order valence-corrected chi connectivity index (χ2v) is 7.51. The number of benzene rings is 1. The van der Waals surface area contributed by atoms with E-state index in [0.717, 1.165) is 24.9 Å². The molecule has 0 unspecified atom stereocenters. The summed E-state index contributed by atoms with van der Waals surface area (Å²) in [6.45, 7) is 0.875. The van der Waals surface area contributed by atoms with Crippen LogP contribution in [0.5, 0.6) is 11.5 Å². The number of ketones is 1. The Hall–Kier alpha value is -1.59. The Morgan fingerprint density at radius 1 is 1.25 bits per heavy atom. The van der Waals surface area contributed by atoms with Crippen LogP contribution in [-0.2, 0) is 16.6 Å². The number of hydrogen-bond acceptors (Lipinski definition) is 5. The molecule has 1 heterocycles. The molecule has 0 amide bonds. The summed E-state index contributed by atoms with van der Waals surface area (Å²) in [4.78, 5) is 14.7. The summed E-state index contributed by atoms with van der Waals surface area (Å²) >= 11 is 0. The fraction of sp³-hybridized carbons (Fsp3) is 0.632. The van der Waals surface area contributed by atoms with Gasteiger partial charge >= 0.3 is 0 Å². The van der Waals surface area contributed by atoms with Gasteiger partial charge in [0.1, 0.15) is 5.78 Å². The van der Waals surface area contributed by atoms with E-state index in [1.165, 1.54) is 5.56 Å². The number of fused-ring (bicyclic) bond motifs is 1. The van der Waals surface area contributed by atoms with Gasteiger partial charge in [-0.3, -0.25) is 4.79 Å². The van der Waals surface area contributed by atoms with Crippen LogP contribution in [0.4, 0.5) is 0 Å². The van der Waals surface area contributed by atoms with Crippen molar-refractivity contribution in [2.45, 2.75) is 49.2 Å². The molecule has 3 atom stereocenters. The maximum absolute atomic E-state index is 12.4. The predicted molar refractivity (Wildman–Crippen MR) is 89.8 cm³/mol. The lowest BCUT2D eigenvalue weighted by atomic mass is 9.49. The number of likely N-dealkylation sites (N-methyl/N-ethyl adjacent to an activating group) is 1. The minimum Gasteiger partial charge on any atom is -0.493 e. The van der Waals surface area contributed by atoms with Gasteiger partial charge in [-0.05, 0) is 44.5 Å². The highest BCUT2D eigenvalue weighted by Crippen LogP contribution is 2.60. The molecule has 0 radical (unpaired) electrons. The van der Waals surface area contributed by atoms with Crippen LogP contribution in [0.1, 0.15) is 36.8 Å². The smallest absolute Gasteiger partial charge is 0.164 e. The van der Waals surface area contributed by atoms with Crippen LogP contribution in [0.25, 0.3) is 0 Å². The zero-order chi connectivity index (χ0) is 17.1. The molecule has 2 aliphatic carbocycles. The highest BCUT2D eigenvalue weighted by Gasteiger charge is 2.65. The van der Waals surface area contributed by atoms with Crippen LogP contribution in [0, 0.1) is 0 Å². The Morgan fingerprint density at radius 2 is 2.04 bits per heavy atom. The van der Waals surface area contributed by atoms with Crippen molar-refractivity contribution >= 4 is 5.78 Å². The average molecular weight is 331 g/mol. The van der Waals surface area contributed by atoms with E-state index in [2.05, 4.69) is 18.0 Å². The molecular weight excluding hydrogens is 306 g/mol.